The molecule has 0 spiro atoms. The first-order chi connectivity index (χ1) is 31.6. The summed E-state index contributed by atoms with van der Waals surface area (Å²) in [5, 5.41) is 0. The van der Waals surface area contributed by atoms with Gasteiger partial charge in [-0.05, 0) is 116 Å². The third-order valence-electron chi connectivity index (χ3n) is 11.1. The maximum absolute atomic E-state index is 12.8. The van der Waals surface area contributed by atoms with Crippen LogP contribution in [0.4, 0.5) is 0 Å². The average Bonchev–Trinajstić information content (AvgIpc) is 3.30. The molecular weight excluding hydrogens is 789 g/mol. The molecule has 0 aromatic heterocycles. The number of ether oxygens (including phenoxy) is 3. The number of allylic oxidation sites excluding steroid dienone is 16. The molecule has 0 aromatic rings. The summed E-state index contributed by atoms with van der Waals surface area (Å²) in [4.78, 5) is 25.4. The van der Waals surface area contributed by atoms with Gasteiger partial charge in [0.2, 0.25) is 0 Å². The molecule has 5 nitrogen and oxygen atoms in total. The second kappa shape index (κ2) is 54.2. The molecule has 0 fully saturated rings. The summed E-state index contributed by atoms with van der Waals surface area (Å²) < 4.78 is 17.4. The molecule has 5 heteroatoms. The molecule has 0 rings (SSSR count). The highest BCUT2D eigenvalue weighted by molar-refractivity contribution is 5.70. The molecule has 1 unspecified atom stereocenters. The van der Waals surface area contributed by atoms with Crippen molar-refractivity contribution < 1.29 is 23.8 Å². The molecule has 0 N–H and O–H groups in total. The molecule has 1 atom stereocenters. The van der Waals surface area contributed by atoms with Crippen molar-refractivity contribution in [3.63, 3.8) is 0 Å². The minimum absolute atomic E-state index is 0.0512. The molecule has 0 aliphatic heterocycles. The lowest BCUT2D eigenvalue weighted by Crippen LogP contribution is -2.30. The highest BCUT2D eigenvalue weighted by Gasteiger charge is 2.17. The summed E-state index contributed by atoms with van der Waals surface area (Å²) >= 11 is 0. The molecular formula is C59H100O5. The fraction of sp³-hybridized carbons (Fsp3) is 0.695. The smallest absolute Gasteiger partial charge is 0.306 e. The van der Waals surface area contributed by atoms with Crippen molar-refractivity contribution in [3.8, 4) is 0 Å². The van der Waals surface area contributed by atoms with E-state index in [4.69, 9.17) is 14.2 Å². The Morgan fingerprint density at radius 1 is 0.359 bits per heavy atom. The minimum atomic E-state index is -0.569. The van der Waals surface area contributed by atoms with Crippen LogP contribution in [-0.2, 0) is 23.8 Å². The summed E-state index contributed by atoms with van der Waals surface area (Å²) in [6.07, 6.45) is 72.8. The van der Waals surface area contributed by atoms with Crippen molar-refractivity contribution in [2.75, 3.05) is 19.8 Å². The van der Waals surface area contributed by atoms with Crippen molar-refractivity contribution in [1.29, 1.82) is 0 Å². The van der Waals surface area contributed by atoms with Crippen LogP contribution < -0.4 is 0 Å². The van der Waals surface area contributed by atoms with Gasteiger partial charge in [-0.2, -0.15) is 0 Å². The summed E-state index contributed by atoms with van der Waals surface area (Å²) in [5.41, 5.74) is 0. The number of rotatable bonds is 48. The molecule has 0 bridgehead atoms. The van der Waals surface area contributed by atoms with Crippen LogP contribution in [0.3, 0.4) is 0 Å². The van der Waals surface area contributed by atoms with E-state index in [1.54, 1.807) is 0 Å². The van der Waals surface area contributed by atoms with Gasteiger partial charge in [0.05, 0.1) is 6.61 Å². The minimum Gasteiger partial charge on any atom is -0.462 e. The highest BCUT2D eigenvalue weighted by Crippen LogP contribution is 2.13. The predicted octanol–water partition coefficient (Wildman–Crippen LogP) is 18.2. The van der Waals surface area contributed by atoms with Gasteiger partial charge >= 0.3 is 11.9 Å². The Hall–Kier alpha value is -3.18. The van der Waals surface area contributed by atoms with Crippen molar-refractivity contribution in [2.24, 2.45) is 0 Å². The monoisotopic (exact) mass is 889 g/mol. The van der Waals surface area contributed by atoms with Gasteiger partial charge in [0.15, 0.2) is 6.10 Å². The largest absolute Gasteiger partial charge is 0.462 e. The summed E-state index contributed by atoms with van der Waals surface area (Å²) in [7, 11) is 0. The molecule has 0 aliphatic carbocycles. The number of unbranched alkanes of at least 4 members (excludes halogenated alkanes) is 21. The van der Waals surface area contributed by atoms with Gasteiger partial charge in [-0.25, -0.2) is 0 Å². The predicted molar refractivity (Wildman–Crippen MR) is 279 cm³/mol. The Bertz CT molecular complexity index is 1230. The molecule has 64 heavy (non-hydrogen) atoms. The molecule has 0 radical (unpaired) electrons. The molecule has 366 valence electrons. The third kappa shape index (κ3) is 51.5. The molecule has 0 saturated carbocycles. The Labute approximate surface area is 396 Å². The van der Waals surface area contributed by atoms with Gasteiger partial charge < -0.3 is 14.2 Å². The van der Waals surface area contributed by atoms with E-state index in [9.17, 15) is 9.59 Å². The van der Waals surface area contributed by atoms with E-state index in [2.05, 4.69) is 118 Å². The van der Waals surface area contributed by atoms with Crippen LogP contribution in [0.15, 0.2) is 97.2 Å². The van der Waals surface area contributed by atoms with Crippen molar-refractivity contribution in [3.05, 3.63) is 97.2 Å². The Morgan fingerprint density at radius 2 is 0.703 bits per heavy atom. The van der Waals surface area contributed by atoms with Gasteiger partial charge in [0, 0.05) is 19.4 Å². The molecule has 0 aromatic carbocycles. The number of hydrogen-bond acceptors (Lipinski definition) is 5. The first-order valence-electron chi connectivity index (χ1n) is 26.8. The van der Waals surface area contributed by atoms with Crippen LogP contribution >= 0.6 is 0 Å². The summed E-state index contributed by atoms with van der Waals surface area (Å²) in [5.74, 6) is -0.467. The van der Waals surface area contributed by atoms with E-state index in [1.165, 1.54) is 103 Å². The molecule has 0 saturated heterocycles. The van der Waals surface area contributed by atoms with E-state index in [-0.39, 0.29) is 25.2 Å². The SMILES string of the molecule is CC/C=C\C/C=C\C/C=C\C/C=C\CCCCC(=O)OCC(COCCCCCCCCCC/C=C\CCCCCCCC)OC(=O)CCCCCCC/C=C\C/C=C\C/C=C\CC. The van der Waals surface area contributed by atoms with Gasteiger partial charge in [-0.3, -0.25) is 9.59 Å². The van der Waals surface area contributed by atoms with Crippen LogP contribution in [0, 0.1) is 0 Å². The zero-order valence-corrected chi connectivity index (χ0v) is 42.0. The maximum Gasteiger partial charge on any atom is 0.306 e. The highest BCUT2D eigenvalue weighted by atomic mass is 16.6. The van der Waals surface area contributed by atoms with Crippen LogP contribution in [0.25, 0.3) is 0 Å². The normalized spacial score (nSPS) is 13.0. The van der Waals surface area contributed by atoms with Crippen molar-refractivity contribution in [2.45, 2.75) is 245 Å². The lowest BCUT2D eigenvalue weighted by atomic mass is 10.1. The van der Waals surface area contributed by atoms with Gasteiger partial charge in [0.25, 0.3) is 0 Å². The molecule has 0 aliphatic rings. The fourth-order valence-corrected chi connectivity index (χ4v) is 7.16. The molecule has 0 heterocycles. The second-order valence-electron chi connectivity index (χ2n) is 17.4. The lowest BCUT2D eigenvalue weighted by molar-refractivity contribution is -0.163. The van der Waals surface area contributed by atoms with Crippen LogP contribution in [0.2, 0.25) is 0 Å². The van der Waals surface area contributed by atoms with E-state index >= 15 is 0 Å². The number of esters is 2. The summed E-state index contributed by atoms with van der Waals surface area (Å²) in [6.45, 7) is 7.53. The van der Waals surface area contributed by atoms with Crippen LogP contribution in [-0.4, -0.2) is 37.9 Å². The quantitative estimate of drug-likeness (QED) is 0.0346. The maximum atomic E-state index is 12.8. The van der Waals surface area contributed by atoms with E-state index < -0.39 is 6.10 Å². The Morgan fingerprint density at radius 3 is 1.17 bits per heavy atom. The third-order valence-corrected chi connectivity index (χ3v) is 11.1. The first-order valence-corrected chi connectivity index (χ1v) is 26.8. The van der Waals surface area contributed by atoms with Crippen LogP contribution in [0.5, 0.6) is 0 Å². The van der Waals surface area contributed by atoms with Gasteiger partial charge in [-0.1, -0.05) is 208 Å². The zero-order valence-electron chi connectivity index (χ0n) is 42.0. The first kappa shape index (κ1) is 60.8. The topological polar surface area (TPSA) is 61.8 Å². The van der Waals surface area contributed by atoms with Crippen molar-refractivity contribution in [1.82, 2.24) is 0 Å². The van der Waals surface area contributed by atoms with Crippen molar-refractivity contribution >= 4 is 11.9 Å². The van der Waals surface area contributed by atoms with Gasteiger partial charge in [0.1, 0.15) is 6.61 Å². The fourth-order valence-electron chi connectivity index (χ4n) is 7.16. The van der Waals surface area contributed by atoms with E-state index in [0.29, 0.717) is 19.4 Å². The lowest BCUT2D eigenvalue weighted by Gasteiger charge is -2.18. The average molecular weight is 889 g/mol. The van der Waals surface area contributed by atoms with E-state index in [1.807, 2.05) is 0 Å². The zero-order chi connectivity index (χ0) is 46.3. The van der Waals surface area contributed by atoms with Gasteiger partial charge in [-0.15, -0.1) is 0 Å². The van der Waals surface area contributed by atoms with Crippen LogP contribution in [0.1, 0.15) is 239 Å². The number of carbonyl (C=O) groups is 2. The number of carbonyl (C=O) groups excluding carboxylic acids is 2. The summed E-state index contributed by atoms with van der Waals surface area (Å²) in [6, 6.07) is 0. The molecule has 0 amide bonds. The van der Waals surface area contributed by atoms with E-state index in [0.717, 1.165) is 103 Å². The number of hydrogen-bond donors (Lipinski definition) is 0. The Balaban J connectivity index is 4.37. The Kier molecular flexibility index (Phi) is 51.5. The second-order valence-corrected chi connectivity index (χ2v) is 17.4. The standard InChI is InChI=1S/C59H100O5/c1-4-7-10-13-16-19-22-25-28-29-30-33-36-39-42-45-48-51-54-62-55-57(64-59(61)53-50-47-44-41-38-35-32-27-24-21-18-15-12-9-6-3)56-63-58(60)52-49-46-43-40-37-34-31-26-23-20-17-14-11-8-5-2/h8-9,11-12,17-18,20-21,25-28,31-32,37,40,57H,4-7,10,13-16,19,22-24,29-30,33-36,38-39,41-56H2,1-3H3/b11-8-,12-9-,20-17-,21-18-,28-25-,31-26-,32-27-,40-37-.